The van der Waals surface area contributed by atoms with Crippen molar-refractivity contribution in [2.24, 2.45) is 11.5 Å². The Morgan fingerprint density at radius 3 is 2.53 bits per heavy atom. The maximum absolute atomic E-state index is 14.2. The fourth-order valence-electron chi connectivity index (χ4n) is 4.70. The predicted molar refractivity (Wildman–Crippen MR) is 119 cm³/mol. The Hall–Kier alpha value is -3.29. The molecule has 4 heterocycles. The van der Waals surface area contributed by atoms with E-state index in [1.807, 2.05) is 6.92 Å². The number of rotatable bonds is 5. The zero-order valence-electron chi connectivity index (χ0n) is 18.4. The fourth-order valence-corrected chi connectivity index (χ4v) is 4.70. The largest absolute Gasteiger partial charge is 0.406 e. The van der Waals surface area contributed by atoms with Crippen LogP contribution in [0, 0.1) is 0 Å². The Morgan fingerprint density at radius 2 is 1.94 bits per heavy atom. The molecule has 3 atom stereocenters. The number of nitrogen functional groups attached to an aromatic ring is 1. The maximum Gasteiger partial charge on any atom is 0.406 e. The van der Waals surface area contributed by atoms with Crippen molar-refractivity contribution in [3.63, 3.8) is 0 Å². The van der Waals surface area contributed by atoms with Crippen molar-refractivity contribution < 1.29 is 13.2 Å². The van der Waals surface area contributed by atoms with Gasteiger partial charge < -0.3 is 16.4 Å². The van der Waals surface area contributed by atoms with Crippen LogP contribution < -0.4 is 22.1 Å². The summed E-state index contributed by atoms with van der Waals surface area (Å²) in [6, 6.07) is 6.61. The molecule has 3 unspecified atom stereocenters. The van der Waals surface area contributed by atoms with Gasteiger partial charge in [-0.05, 0) is 44.0 Å². The Balaban J connectivity index is 1.60. The summed E-state index contributed by atoms with van der Waals surface area (Å²) in [5.41, 5.74) is 18.7. The molecule has 1 aliphatic heterocycles. The molecule has 2 aliphatic rings. The number of hydrogen-bond acceptors (Lipinski definition) is 9. The van der Waals surface area contributed by atoms with E-state index in [9.17, 15) is 13.2 Å². The van der Waals surface area contributed by atoms with Gasteiger partial charge in [0.25, 0.3) is 0 Å². The van der Waals surface area contributed by atoms with Gasteiger partial charge in [0, 0.05) is 17.8 Å². The Morgan fingerprint density at radius 1 is 1.18 bits per heavy atom. The molecule has 1 aliphatic carbocycles. The summed E-state index contributed by atoms with van der Waals surface area (Å²) < 4.78 is 44.2. The first-order valence-corrected chi connectivity index (χ1v) is 10.8. The SMILES string of the molecule is CC(Cn1cncn1)N1c2ccc(-c3ccc(N)nc3)nc2C(N)N(C2(C(F)(F)F)CC2)C1N. The van der Waals surface area contributed by atoms with Gasteiger partial charge in [0.05, 0.1) is 23.6 Å². The number of halogens is 3. The standard InChI is InChI=1S/C21H25F3N10/c1-12(9-32-11-28-10-30-32)33-15-4-3-14(13-2-5-16(25)29-8-13)31-17(15)18(26)34(19(33)27)20(6-7-20)21(22,23)24/h2-5,8,10-12,18-19H,6-7,9,26-27H2,1H3,(H2,25,29). The minimum absolute atomic E-state index is 0.0693. The van der Waals surface area contributed by atoms with Gasteiger partial charge in [0.1, 0.15) is 36.5 Å². The average Bonchev–Trinajstić information content (AvgIpc) is 3.44. The summed E-state index contributed by atoms with van der Waals surface area (Å²) >= 11 is 0. The number of alkyl halides is 3. The molecular weight excluding hydrogens is 449 g/mol. The molecule has 0 spiro atoms. The van der Waals surface area contributed by atoms with Crippen LogP contribution in [0.25, 0.3) is 11.3 Å². The molecule has 6 N–H and O–H groups in total. The van der Waals surface area contributed by atoms with E-state index >= 15 is 0 Å². The topological polar surface area (TPSA) is 141 Å². The van der Waals surface area contributed by atoms with Crippen LogP contribution in [0.1, 0.15) is 31.6 Å². The van der Waals surface area contributed by atoms with Crippen LogP contribution in [0.15, 0.2) is 43.1 Å². The highest BCUT2D eigenvalue weighted by atomic mass is 19.4. The van der Waals surface area contributed by atoms with E-state index in [2.05, 4.69) is 20.1 Å². The molecule has 0 radical (unpaired) electrons. The Bertz CT molecular complexity index is 1160. The third-order valence-corrected chi connectivity index (χ3v) is 6.55. The number of aromatic nitrogens is 5. The van der Waals surface area contributed by atoms with E-state index in [1.54, 1.807) is 46.4 Å². The van der Waals surface area contributed by atoms with Crippen molar-refractivity contribution in [2.75, 3.05) is 10.6 Å². The molecule has 0 aromatic carbocycles. The van der Waals surface area contributed by atoms with Gasteiger partial charge in [-0.25, -0.2) is 19.9 Å². The highest BCUT2D eigenvalue weighted by Crippen LogP contribution is 2.57. The summed E-state index contributed by atoms with van der Waals surface area (Å²) in [4.78, 5) is 15.6. The fraction of sp³-hybridized carbons (Fsp3) is 0.429. The lowest BCUT2D eigenvalue weighted by Gasteiger charge is -2.52. The summed E-state index contributed by atoms with van der Waals surface area (Å²) in [6.45, 7) is 2.23. The number of fused-ring (bicyclic) bond motifs is 1. The lowest BCUT2D eigenvalue weighted by Crippen LogP contribution is -2.69. The van der Waals surface area contributed by atoms with Crippen molar-refractivity contribution in [2.45, 2.75) is 56.5 Å². The molecule has 5 rings (SSSR count). The molecular formula is C21H25F3N10. The van der Waals surface area contributed by atoms with E-state index in [4.69, 9.17) is 17.2 Å². The number of hydrogen-bond donors (Lipinski definition) is 3. The van der Waals surface area contributed by atoms with Crippen LogP contribution in [0.3, 0.4) is 0 Å². The van der Waals surface area contributed by atoms with E-state index in [1.165, 1.54) is 6.33 Å². The van der Waals surface area contributed by atoms with E-state index in [0.29, 0.717) is 35.0 Å². The number of anilines is 2. The molecule has 0 saturated heterocycles. The van der Waals surface area contributed by atoms with Gasteiger partial charge in [-0.15, -0.1) is 0 Å². The molecule has 0 amide bonds. The zero-order chi connectivity index (χ0) is 24.3. The average molecular weight is 474 g/mol. The van der Waals surface area contributed by atoms with Gasteiger partial charge in [-0.3, -0.25) is 10.4 Å². The highest BCUT2D eigenvalue weighted by molar-refractivity contribution is 5.65. The first-order chi connectivity index (χ1) is 16.1. The van der Waals surface area contributed by atoms with Crippen LogP contribution in [-0.4, -0.2) is 53.7 Å². The monoisotopic (exact) mass is 474 g/mol. The van der Waals surface area contributed by atoms with Crippen molar-refractivity contribution >= 4 is 11.5 Å². The van der Waals surface area contributed by atoms with E-state index in [-0.39, 0.29) is 18.9 Å². The summed E-state index contributed by atoms with van der Waals surface area (Å²) in [5.74, 6) is 0.351. The van der Waals surface area contributed by atoms with Crippen LogP contribution in [0.2, 0.25) is 0 Å². The lowest BCUT2D eigenvalue weighted by atomic mass is 10.0. The number of nitrogens with two attached hydrogens (primary N) is 3. The maximum atomic E-state index is 14.2. The normalized spacial score (nSPS) is 22.9. The quantitative estimate of drug-likeness (QED) is 0.505. The van der Waals surface area contributed by atoms with Crippen molar-refractivity contribution in [3.8, 4) is 11.3 Å². The molecule has 180 valence electrons. The molecule has 1 fully saturated rings. The van der Waals surface area contributed by atoms with Gasteiger partial charge in [-0.1, -0.05) is 0 Å². The molecule has 1 saturated carbocycles. The minimum Gasteiger partial charge on any atom is -0.384 e. The van der Waals surface area contributed by atoms with E-state index in [0.717, 1.165) is 4.90 Å². The summed E-state index contributed by atoms with van der Waals surface area (Å²) in [6.07, 6.45) is -2.38. The van der Waals surface area contributed by atoms with Crippen molar-refractivity contribution in [1.29, 1.82) is 0 Å². The smallest absolute Gasteiger partial charge is 0.384 e. The van der Waals surface area contributed by atoms with Crippen LogP contribution in [0.5, 0.6) is 0 Å². The number of nitrogens with zero attached hydrogens (tertiary/aromatic N) is 7. The van der Waals surface area contributed by atoms with Gasteiger partial charge in [0.15, 0.2) is 0 Å². The lowest BCUT2D eigenvalue weighted by molar-refractivity contribution is -0.212. The second-order valence-electron chi connectivity index (χ2n) is 8.74. The van der Waals surface area contributed by atoms with Gasteiger partial charge in [0.2, 0.25) is 0 Å². The Kier molecular flexibility index (Phi) is 5.22. The van der Waals surface area contributed by atoms with Gasteiger partial charge in [-0.2, -0.15) is 18.3 Å². The van der Waals surface area contributed by atoms with Gasteiger partial charge >= 0.3 is 6.18 Å². The minimum atomic E-state index is -4.49. The second kappa shape index (κ2) is 7.89. The first-order valence-electron chi connectivity index (χ1n) is 10.8. The third kappa shape index (κ3) is 3.56. The molecule has 3 aromatic heterocycles. The van der Waals surface area contributed by atoms with Crippen LogP contribution in [0.4, 0.5) is 24.7 Å². The van der Waals surface area contributed by atoms with Crippen molar-refractivity contribution in [1.82, 2.24) is 29.6 Å². The highest BCUT2D eigenvalue weighted by Gasteiger charge is 2.70. The second-order valence-corrected chi connectivity index (χ2v) is 8.74. The van der Waals surface area contributed by atoms with Crippen molar-refractivity contribution in [3.05, 3.63) is 48.8 Å². The summed E-state index contributed by atoms with van der Waals surface area (Å²) in [5, 5.41) is 4.11. The summed E-state index contributed by atoms with van der Waals surface area (Å²) in [7, 11) is 0. The third-order valence-electron chi connectivity index (χ3n) is 6.55. The van der Waals surface area contributed by atoms with Crippen LogP contribution >= 0.6 is 0 Å². The van der Waals surface area contributed by atoms with Crippen LogP contribution in [-0.2, 0) is 6.54 Å². The molecule has 13 heteroatoms. The zero-order valence-corrected chi connectivity index (χ0v) is 18.4. The van der Waals surface area contributed by atoms with E-state index < -0.39 is 24.2 Å². The predicted octanol–water partition coefficient (Wildman–Crippen LogP) is 1.82. The Labute approximate surface area is 193 Å². The molecule has 0 bridgehead atoms. The molecule has 3 aromatic rings. The molecule has 34 heavy (non-hydrogen) atoms. The number of pyridine rings is 2. The molecule has 10 nitrogen and oxygen atoms in total. The first kappa shape index (κ1) is 22.5.